The van der Waals surface area contributed by atoms with Crippen LogP contribution in [-0.2, 0) is 0 Å². The zero-order valence-corrected chi connectivity index (χ0v) is 16.7. The van der Waals surface area contributed by atoms with Crippen molar-refractivity contribution in [1.82, 2.24) is 5.32 Å². The van der Waals surface area contributed by atoms with E-state index in [1.807, 2.05) is 18.2 Å². The summed E-state index contributed by atoms with van der Waals surface area (Å²) < 4.78 is 10.5. The number of benzene rings is 2. The van der Waals surface area contributed by atoms with Crippen molar-refractivity contribution in [2.75, 3.05) is 30.1 Å². The van der Waals surface area contributed by atoms with E-state index in [1.165, 1.54) is 19.3 Å². The number of piperidine rings is 1. The summed E-state index contributed by atoms with van der Waals surface area (Å²) in [7, 11) is 0. The van der Waals surface area contributed by atoms with E-state index in [1.54, 1.807) is 18.2 Å². The van der Waals surface area contributed by atoms with Crippen LogP contribution in [0.15, 0.2) is 36.4 Å². The molecule has 0 radical (unpaired) electrons. The van der Waals surface area contributed by atoms with Crippen molar-refractivity contribution >= 4 is 46.2 Å². The smallest absolute Gasteiger partial charge is 0.257 e. The maximum Gasteiger partial charge on any atom is 0.257 e. The summed E-state index contributed by atoms with van der Waals surface area (Å²) in [4.78, 5) is 14.7. The van der Waals surface area contributed by atoms with Gasteiger partial charge in [0.2, 0.25) is 6.79 Å². The SMILES string of the molecule is O=C(NC(=S)Nc1ccc(N2CCCCC2)c(Cl)c1)c1ccc2c(c1)OCO2. The molecule has 1 saturated heterocycles. The highest BCUT2D eigenvalue weighted by Gasteiger charge is 2.17. The first kappa shape index (κ1) is 18.8. The molecule has 2 N–H and O–H groups in total. The van der Waals surface area contributed by atoms with Gasteiger partial charge in [0.25, 0.3) is 5.91 Å². The quantitative estimate of drug-likeness (QED) is 0.730. The number of rotatable bonds is 3. The van der Waals surface area contributed by atoms with Crippen molar-refractivity contribution in [2.45, 2.75) is 19.3 Å². The number of anilines is 2. The summed E-state index contributed by atoms with van der Waals surface area (Å²) in [6.07, 6.45) is 3.64. The molecule has 1 amide bonds. The molecule has 0 unspecified atom stereocenters. The van der Waals surface area contributed by atoms with Crippen LogP contribution in [0.5, 0.6) is 11.5 Å². The summed E-state index contributed by atoms with van der Waals surface area (Å²) in [5, 5.41) is 6.53. The minimum absolute atomic E-state index is 0.161. The minimum Gasteiger partial charge on any atom is -0.454 e. The average Bonchev–Trinajstić information content (AvgIpc) is 3.16. The van der Waals surface area contributed by atoms with Crippen LogP contribution in [0, 0.1) is 0 Å². The number of fused-ring (bicyclic) bond motifs is 1. The first-order chi connectivity index (χ1) is 13.6. The van der Waals surface area contributed by atoms with Gasteiger partial charge in [0.1, 0.15) is 0 Å². The molecular formula is C20H20ClN3O3S. The molecule has 1 fully saturated rings. The standard InChI is InChI=1S/C20H20ClN3O3S/c21-15-11-14(5-6-16(15)24-8-2-1-3-9-24)22-20(28)23-19(25)13-4-7-17-18(10-13)27-12-26-17/h4-7,10-11H,1-3,8-9,12H2,(H2,22,23,25,28). The highest BCUT2D eigenvalue weighted by molar-refractivity contribution is 7.80. The lowest BCUT2D eigenvalue weighted by Crippen LogP contribution is -2.34. The molecule has 2 aromatic rings. The molecular weight excluding hydrogens is 398 g/mol. The van der Waals surface area contributed by atoms with E-state index in [9.17, 15) is 4.79 Å². The molecule has 28 heavy (non-hydrogen) atoms. The Bertz CT molecular complexity index is 916. The Kier molecular flexibility index (Phi) is 5.54. The first-order valence-electron chi connectivity index (χ1n) is 9.16. The van der Waals surface area contributed by atoms with Crippen molar-refractivity contribution in [3.63, 3.8) is 0 Å². The third kappa shape index (κ3) is 4.15. The Morgan fingerprint density at radius 2 is 1.82 bits per heavy atom. The van der Waals surface area contributed by atoms with Crippen molar-refractivity contribution in [2.24, 2.45) is 0 Å². The predicted octanol–water partition coefficient (Wildman–Crippen LogP) is 4.19. The van der Waals surface area contributed by atoms with E-state index in [0.717, 1.165) is 24.5 Å². The number of hydrogen-bond acceptors (Lipinski definition) is 5. The van der Waals surface area contributed by atoms with Gasteiger partial charge in [-0.1, -0.05) is 11.6 Å². The largest absolute Gasteiger partial charge is 0.454 e. The van der Waals surface area contributed by atoms with Crippen molar-refractivity contribution in [1.29, 1.82) is 0 Å². The van der Waals surface area contributed by atoms with Crippen LogP contribution in [0.1, 0.15) is 29.6 Å². The fourth-order valence-corrected chi connectivity index (χ4v) is 3.86. The van der Waals surface area contributed by atoms with Gasteiger partial charge in [-0.15, -0.1) is 0 Å². The van der Waals surface area contributed by atoms with Crippen molar-refractivity contribution < 1.29 is 14.3 Å². The number of ether oxygens (including phenoxy) is 2. The summed E-state index contributed by atoms with van der Waals surface area (Å²) >= 11 is 11.7. The number of carbonyl (C=O) groups excluding carboxylic acids is 1. The topological polar surface area (TPSA) is 62.8 Å². The van der Waals surface area contributed by atoms with Crippen LogP contribution in [0.25, 0.3) is 0 Å². The zero-order valence-electron chi connectivity index (χ0n) is 15.2. The van der Waals surface area contributed by atoms with Gasteiger partial charge in [0, 0.05) is 24.3 Å². The highest BCUT2D eigenvalue weighted by Crippen LogP contribution is 2.33. The zero-order chi connectivity index (χ0) is 19.5. The van der Waals surface area contributed by atoms with E-state index >= 15 is 0 Å². The fraction of sp³-hybridized carbons (Fsp3) is 0.300. The van der Waals surface area contributed by atoms with E-state index < -0.39 is 0 Å². The third-order valence-electron chi connectivity index (χ3n) is 4.76. The molecule has 0 spiro atoms. The highest BCUT2D eigenvalue weighted by atomic mass is 35.5. The van der Waals surface area contributed by atoms with Gasteiger partial charge in [-0.05, 0) is 67.9 Å². The lowest BCUT2D eigenvalue weighted by molar-refractivity contribution is 0.0977. The summed E-state index contributed by atoms with van der Waals surface area (Å²) in [5.74, 6) is 0.846. The molecule has 0 saturated carbocycles. The minimum atomic E-state index is -0.327. The third-order valence-corrected chi connectivity index (χ3v) is 5.27. The molecule has 0 aromatic heterocycles. The Morgan fingerprint density at radius 3 is 2.61 bits per heavy atom. The molecule has 0 atom stereocenters. The lowest BCUT2D eigenvalue weighted by atomic mass is 10.1. The van der Waals surface area contributed by atoms with Crippen molar-refractivity contribution in [3.8, 4) is 11.5 Å². The molecule has 2 aliphatic heterocycles. The fourth-order valence-electron chi connectivity index (χ4n) is 3.35. The van der Waals surface area contributed by atoms with Gasteiger partial charge in [0.05, 0.1) is 10.7 Å². The van der Waals surface area contributed by atoms with Crippen LogP contribution < -0.4 is 25.0 Å². The van der Waals surface area contributed by atoms with Gasteiger partial charge in [-0.25, -0.2) is 0 Å². The maximum atomic E-state index is 12.4. The molecule has 0 aliphatic carbocycles. The van der Waals surface area contributed by atoms with Gasteiger partial charge in [0.15, 0.2) is 16.6 Å². The molecule has 4 rings (SSSR count). The number of thiocarbonyl (C=S) groups is 1. The van der Waals surface area contributed by atoms with E-state index in [2.05, 4.69) is 15.5 Å². The van der Waals surface area contributed by atoms with Crippen LogP contribution in [0.2, 0.25) is 5.02 Å². The van der Waals surface area contributed by atoms with Gasteiger partial charge >= 0.3 is 0 Å². The van der Waals surface area contributed by atoms with E-state index in [0.29, 0.717) is 22.1 Å². The van der Waals surface area contributed by atoms with E-state index in [-0.39, 0.29) is 17.8 Å². The second-order valence-corrected chi connectivity index (χ2v) is 7.51. The number of carbonyl (C=O) groups is 1. The number of nitrogens with zero attached hydrogens (tertiary/aromatic N) is 1. The molecule has 2 aliphatic rings. The Balaban J connectivity index is 1.38. The van der Waals surface area contributed by atoms with Gasteiger partial charge < -0.3 is 19.7 Å². The number of nitrogens with one attached hydrogen (secondary N) is 2. The number of amides is 1. The Labute approximate surface area is 173 Å². The van der Waals surface area contributed by atoms with Gasteiger partial charge in [-0.3, -0.25) is 10.1 Å². The Morgan fingerprint density at radius 1 is 1.04 bits per heavy atom. The molecule has 8 heteroatoms. The second kappa shape index (κ2) is 8.24. The second-order valence-electron chi connectivity index (χ2n) is 6.69. The molecule has 6 nitrogen and oxygen atoms in total. The molecule has 2 heterocycles. The normalized spacial score (nSPS) is 15.2. The van der Waals surface area contributed by atoms with Crippen molar-refractivity contribution in [3.05, 3.63) is 47.0 Å². The maximum absolute atomic E-state index is 12.4. The van der Waals surface area contributed by atoms with Crippen LogP contribution in [0.3, 0.4) is 0 Å². The summed E-state index contributed by atoms with van der Waals surface area (Å²) in [5.41, 5.74) is 2.19. The summed E-state index contributed by atoms with van der Waals surface area (Å²) in [6, 6.07) is 10.7. The van der Waals surface area contributed by atoms with Crippen LogP contribution in [0.4, 0.5) is 11.4 Å². The molecule has 0 bridgehead atoms. The first-order valence-corrected chi connectivity index (χ1v) is 9.95. The van der Waals surface area contributed by atoms with Crippen LogP contribution >= 0.6 is 23.8 Å². The predicted molar refractivity (Wildman–Crippen MR) is 114 cm³/mol. The number of hydrogen-bond donors (Lipinski definition) is 2. The average molecular weight is 418 g/mol. The molecule has 2 aromatic carbocycles. The van der Waals surface area contributed by atoms with Crippen LogP contribution in [-0.4, -0.2) is 30.9 Å². The molecule has 146 valence electrons. The van der Waals surface area contributed by atoms with Gasteiger partial charge in [-0.2, -0.15) is 0 Å². The Hall–Kier alpha value is -2.51. The summed E-state index contributed by atoms with van der Waals surface area (Å²) in [6.45, 7) is 2.21. The monoisotopic (exact) mass is 417 g/mol. The number of halogens is 1. The van der Waals surface area contributed by atoms with E-state index in [4.69, 9.17) is 33.3 Å². The lowest BCUT2D eigenvalue weighted by Gasteiger charge is -2.29.